The molecule has 0 N–H and O–H groups in total. The lowest BCUT2D eigenvalue weighted by molar-refractivity contribution is -0.137. The van der Waals surface area contributed by atoms with Crippen LogP contribution >= 0.6 is 22.9 Å². The molecule has 0 saturated carbocycles. The second-order valence-corrected chi connectivity index (χ2v) is 6.98. The Morgan fingerprint density at radius 2 is 1.76 bits per heavy atom. The molecule has 114 valence electrons. The number of aromatic nitrogens is 3. The molecule has 0 aliphatic carbocycles. The molecule has 0 fully saturated rings. The monoisotopic (exact) mass is 335 g/mol. The van der Waals surface area contributed by atoms with Crippen LogP contribution in [0.25, 0.3) is 10.6 Å². The van der Waals surface area contributed by atoms with E-state index in [1.165, 1.54) is 6.20 Å². The van der Waals surface area contributed by atoms with E-state index in [0.717, 1.165) is 0 Å². The highest BCUT2D eigenvalue weighted by molar-refractivity contribution is 7.15. The maximum Gasteiger partial charge on any atom is 0.443 e. The van der Waals surface area contributed by atoms with E-state index in [4.69, 9.17) is 11.6 Å². The Hall–Kier alpha value is -1.21. The molecule has 2 aromatic heterocycles. The molecule has 2 rings (SSSR count). The summed E-state index contributed by atoms with van der Waals surface area (Å²) in [6, 6.07) is 0. The first-order valence-corrected chi connectivity index (χ1v) is 7.27. The van der Waals surface area contributed by atoms with E-state index >= 15 is 0 Å². The molecule has 0 saturated heterocycles. The minimum absolute atomic E-state index is 0.242. The SMILES string of the molecule is Cc1c(Cl)nc(C(C)(C)C)nc1-c1cnc(C(F)(F)F)s1. The van der Waals surface area contributed by atoms with E-state index in [1.807, 2.05) is 20.8 Å². The van der Waals surface area contributed by atoms with Gasteiger partial charge in [-0.15, -0.1) is 11.3 Å². The average Bonchev–Trinajstić information content (AvgIpc) is 2.80. The van der Waals surface area contributed by atoms with Crippen LogP contribution in [0.2, 0.25) is 5.15 Å². The van der Waals surface area contributed by atoms with Crippen molar-refractivity contribution in [2.24, 2.45) is 0 Å². The molecule has 0 aromatic carbocycles. The van der Waals surface area contributed by atoms with Crippen LogP contribution in [-0.4, -0.2) is 15.0 Å². The van der Waals surface area contributed by atoms with Crippen molar-refractivity contribution in [1.29, 1.82) is 0 Å². The number of hydrogen-bond donors (Lipinski definition) is 0. The van der Waals surface area contributed by atoms with E-state index < -0.39 is 11.2 Å². The van der Waals surface area contributed by atoms with E-state index in [0.29, 0.717) is 33.3 Å². The second kappa shape index (κ2) is 5.21. The van der Waals surface area contributed by atoms with Crippen molar-refractivity contribution in [3.8, 4) is 10.6 Å². The Balaban J connectivity index is 2.58. The van der Waals surface area contributed by atoms with Crippen LogP contribution in [0.15, 0.2) is 6.20 Å². The Bertz CT molecular complexity index is 674. The van der Waals surface area contributed by atoms with Crippen LogP contribution in [0.3, 0.4) is 0 Å². The first kappa shape index (κ1) is 16.2. The number of rotatable bonds is 1. The van der Waals surface area contributed by atoms with Gasteiger partial charge in [-0.3, -0.25) is 0 Å². The molecule has 0 atom stereocenters. The van der Waals surface area contributed by atoms with Gasteiger partial charge in [-0.05, 0) is 6.92 Å². The van der Waals surface area contributed by atoms with Crippen LogP contribution in [0, 0.1) is 6.92 Å². The van der Waals surface area contributed by atoms with Gasteiger partial charge in [-0.25, -0.2) is 15.0 Å². The minimum Gasteiger partial charge on any atom is -0.240 e. The van der Waals surface area contributed by atoms with Crippen LogP contribution in [0.4, 0.5) is 13.2 Å². The zero-order chi connectivity index (χ0) is 16.0. The molecule has 21 heavy (non-hydrogen) atoms. The molecule has 0 amide bonds. The van der Waals surface area contributed by atoms with Gasteiger partial charge < -0.3 is 0 Å². The van der Waals surface area contributed by atoms with Crippen molar-refractivity contribution in [2.75, 3.05) is 0 Å². The van der Waals surface area contributed by atoms with Crippen molar-refractivity contribution in [3.05, 3.63) is 27.7 Å². The Kier molecular flexibility index (Phi) is 4.01. The highest BCUT2D eigenvalue weighted by Crippen LogP contribution is 2.38. The van der Waals surface area contributed by atoms with Gasteiger partial charge in [-0.2, -0.15) is 13.2 Å². The van der Waals surface area contributed by atoms with Crippen LogP contribution in [-0.2, 0) is 11.6 Å². The molecule has 0 aliphatic heterocycles. The molecular formula is C13H13ClF3N3S. The molecule has 8 heteroatoms. The van der Waals surface area contributed by atoms with Gasteiger partial charge in [0.25, 0.3) is 0 Å². The largest absolute Gasteiger partial charge is 0.443 e. The quantitative estimate of drug-likeness (QED) is 0.697. The lowest BCUT2D eigenvalue weighted by Crippen LogP contribution is -2.17. The fourth-order valence-corrected chi connectivity index (χ4v) is 2.58. The third kappa shape index (κ3) is 3.35. The van der Waals surface area contributed by atoms with Crippen LogP contribution < -0.4 is 0 Å². The van der Waals surface area contributed by atoms with Crippen LogP contribution in [0.5, 0.6) is 0 Å². The van der Waals surface area contributed by atoms with E-state index in [2.05, 4.69) is 15.0 Å². The van der Waals surface area contributed by atoms with E-state index in [9.17, 15) is 13.2 Å². The standard InChI is InChI=1S/C13H13ClF3N3S/c1-6-8(7-5-18-11(21-7)13(15,16)17)19-10(12(2,3)4)20-9(6)14/h5H,1-4H3. The van der Waals surface area contributed by atoms with Crippen molar-refractivity contribution >= 4 is 22.9 Å². The van der Waals surface area contributed by atoms with E-state index in [-0.39, 0.29) is 10.6 Å². The zero-order valence-electron chi connectivity index (χ0n) is 11.8. The Morgan fingerprint density at radius 3 is 2.24 bits per heavy atom. The summed E-state index contributed by atoms with van der Waals surface area (Å²) in [7, 11) is 0. The van der Waals surface area contributed by atoms with Gasteiger partial charge >= 0.3 is 6.18 Å². The molecule has 2 aromatic rings. The van der Waals surface area contributed by atoms with Crippen molar-refractivity contribution in [3.63, 3.8) is 0 Å². The number of halogens is 4. The topological polar surface area (TPSA) is 38.7 Å². The summed E-state index contributed by atoms with van der Waals surface area (Å²) in [6.45, 7) is 7.40. The number of alkyl halides is 3. The third-order valence-corrected chi connectivity index (χ3v) is 4.16. The lowest BCUT2D eigenvalue weighted by Gasteiger charge is -2.18. The summed E-state index contributed by atoms with van der Waals surface area (Å²) in [5, 5.41) is -0.657. The zero-order valence-corrected chi connectivity index (χ0v) is 13.4. The summed E-state index contributed by atoms with van der Waals surface area (Å²) < 4.78 is 38.0. The summed E-state index contributed by atoms with van der Waals surface area (Å²) in [4.78, 5) is 12.3. The molecule has 2 heterocycles. The highest BCUT2D eigenvalue weighted by Gasteiger charge is 2.35. The average molecular weight is 336 g/mol. The molecule has 0 unspecified atom stereocenters. The third-order valence-electron chi connectivity index (χ3n) is 2.74. The summed E-state index contributed by atoms with van der Waals surface area (Å²) in [5.74, 6) is 0.482. The van der Waals surface area contributed by atoms with Crippen molar-refractivity contribution in [2.45, 2.75) is 39.3 Å². The fraction of sp³-hybridized carbons (Fsp3) is 0.462. The second-order valence-electron chi connectivity index (χ2n) is 5.59. The van der Waals surface area contributed by atoms with Crippen molar-refractivity contribution < 1.29 is 13.2 Å². The number of nitrogens with zero attached hydrogens (tertiary/aromatic N) is 3. The van der Waals surface area contributed by atoms with Gasteiger partial charge in [0, 0.05) is 17.2 Å². The van der Waals surface area contributed by atoms with Gasteiger partial charge in [0.1, 0.15) is 11.0 Å². The number of hydrogen-bond acceptors (Lipinski definition) is 4. The highest BCUT2D eigenvalue weighted by atomic mass is 35.5. The molecule has 3 nitrogen and oxygen atoms in total. The predicted octanol–water partition coefficient (Wildman–Crippen LogP) is 4.88. The molecule has 0 spiro atoms. The Labute approximate surface area is 129 Å². The maximum atomic E-state index is 12.7. The summed E-state index contributed by atoms with van der Waals surface area (Å²) in [5.41, 5.74) is 0.582. The summed E-state index contributed by atoms with van der Waals surface area (Å²) >= 11 is 6.63. The van der Waals surface area contributed by atoms with Gasteiger partial charge in [0.05, 0.1) is 10.6 Å². The first-order chi connectivity index (χ1) is 9.50. The normalized spacial score (nSPS) is 12.8. The maximum absolute atomic E-state index is 12.7. The summed E-state index contributed by atoms with van der Waals surface area (Å²) in [6.07, 6.45) is -3.29. The molecular weight excluding hydrogens is 323 g/mol. The van der Waals surface area contributed by atoms with Crippen molar-refractivity contribution in [1.82, 2.24) is 15.0 Å². The minimum atomic E-state index is -4.46. The lowest BCUT2D eigenvalue weighted by atomic mass is 9.95. The Morgan fingerprint density at radius 1 is 1.14 bits per heavy atom. The first-order valence-electron chi connectivity index (χ1n) is 6.08. The predicted molar refractivity (Wildman–Crippen MR) is 76.6 cm³/mol. The van der Waals surface area contributed by atoms with Gasteiger partial charge in [0.2, 0.25) is 0 Å². The van der Waals surface area contributed by atoms with Gasteiger partial charge in [0.15, 0.2) is 5.01 Å². The van der Waals surface area contributed by atoms with E-state index in [1.54, 1.807) is 6.92 Å². The molecule has 0 aliphatic rings. The smallest absolute Gasteiger partial charge is 0.240 e. The van der Waals surface area contributed by atoms with Crippen LogP contribution in [0.1, 0.15) is 37.2 Å². The number of thiazole rings is 1. The molecule has 0 radical (unpaired) electrons. The molecule has 0 bridgehead atoms. The fourth-order valence-electron chi connectivity index (χ4n) is 1.58. The van der Waals surface area contributed by atoms with Gasteiger partial charge in [-0.1, -0.05) is 32.4 Å².